The summed E-state index contributed by atoms with van der Waals surface area (Å²) in [4.78, 5) is 28.7. The first-order valence-corrected chi connectivity index (χ1v) is 8.28. The van der Waals surface area contributed by atoms with Crippen LogP contribution in [0.3, 0.4) is 0 Å². The van der Waals surface area contributed by atoms with Gasteiger partial charge >= 0.3 is 5.69 Å². The highest BCUT2D eigenvalue weighted by atomic mass is 16.6. The van der Waals surface area contributed by atoms with Gasteiger partial charge in [-0.3, -0.25) is 9.36 Å². The van der Waals surface area contributed by atoms with Crippen LogP contribution in [-0.2, 0) is 9.47 Å². The highest BCUT2D eigenvalue weighted by Crippen LogP contribution is 2.30. The third-order valence-electron chi connectivity index (χ3n) is 4.33. The summed E-state index contributed by atoms with van der Waals surface area (Å²) >= 11 is 0. The van der Waals surface area contributed by atoms with E-state index < -0.39 is 18.0 Å². The molecule has 8 nitrogen and oxygen atoms in total. The van der Waals surface area contributed by atoms with Crippen LogP contribution in [0.25, 0.3) is 0 Å². The SMILES string of the molecule is CO[C@H]1C[C@@H](CO)O[C@H]1n1cc(C)c(NC(=O)c2ccccc2)nc1=O. The maximum absolute atomic E-state index is 12.5. The Morgan fingerprint density at radius 2 is 2.15 bits per heavy atom. The predicted octanol–water partition coefficient (Wildman–Crippen LogP) is 1.10. The summed E-state index contributed by atoms with van der Waals surface area (Å²) in [7, 11) is 1.53. The molecule has 3 atom stereocenters. The monoisotopic (exact) mass is 359 g/mol. The standard InChI is InChI=1S/C18H21N3O5/c1-11-9-21(17-14(25-2)8-13(10-22)26-17)18(24)20-15(11)19-16(23)12-6-4-3-5-7-12/h3-7,9,13-14,17,22H,8,10H2,1-2H3,(H,19,20,23,24)/t13-,14-,17+/m0/s1. The van der Waals surface area contributed by atoms with Crippen LogP contribution in [0.5, 0.6) is 0 Å². The van der Waals surface area contributed by atoms with E-state index in [4.69, 9.17) is 9.47 Å². The van der Waals surface area contributed by atoms with Crippen LogP contribution < -0.4 is 11.0 Å². The zero-order chi connectivity index (χ0) is 18.7. The van der Waals surface area contributed by atoms with E-state index in [1.807, 2.05) is 6.07 Å². The fraction of sp³-hybridized carbons (Fsp3) is 0.389. The molecule has 1 aromatic carbocycles. The smallest absolute Gasteiger partial charge is 0.351 e. The minimum atomic E-state index is -0.672. The second-order valence-electron chi connectivity index (χ2n) is 6.12. The minimum absolute atomic E-state index is 0.150. The Morgan fingerprint density at radius 3 is 2.81 bits per heavy atom. The number of carbonyl (C=O) groups excluding carboxylic acids is 1. The van der Waals surface area contributed by atoms with Gasteiger partial charge in [-0.1, -0.05) is 18.2 Å². The number of aliphatic hydroxyl groups is 1. The minimum Gasteiger partial charge on any atom is -0.394 e. The number of aromatic nitrogens is 2. The molecule has 1 aliphatic heterocycles. The normalized spacial score (nSPS) is 22.3. The van der Waals surface area contributed by atoms with Gasteiger partial charge in [-0.05, 0) is 19.1 Å². The summed E-state index contributed by atoms with van der Waals surface area (Å²) < 4.78 is 12.4. The summed E-state index contributed by atoms with van der Waals surface area (Å²) in [6.45, 7) is 1.59. The topological polar surface area (TPSA) is 103 Å². The van der Waals surface area contributed by atoms with Crippen molar-refractivity contribution < 1.29 is 19.4 Å². The quantitative estimate of drug-likeness (QED) is 0.829. The van der Waals surface area contributed by atoms with Crippen LogP contribution in [-0.4, -0.2) is 46.5 Å². The molecular weight excluding hydrogens is 338 g/mol. The summed E-state index contributed by atoms with van der Waals surface area (Å²) in [6, 6.07) is 8.68. The maximum atomic E-state index is 12.5. The number of rotatable bonds is 5. The molecule has 0 unspecified atom stereocenters. The number of benzene rings is 1. The average molecular weight is 359 g/mol. The molecule has 1 amide bonds. The number of methoxy groups -OCH3 is 1. The molecule has 0 aliphatic carbocycles. The van der Waals surface area contributed by atoms with Crippen LogP contribution in [0.1, 0.15) is 28.6 Å². The Bertz CT molecular complexity index is 836. The van der Waals surface area contributed by atoms with Crippen molar-refractivity contribution in [2.75, 3.05) is 19.0 Å². The molecule has 0 spiro atoms. The highest BCUT2D eigenvalue weighted by molar-refractivity contribution is 6.03. The Morgan fingerprint density at radius 1 is 1.42 bits per heavy atom. The van der Waals surface area contributed by atoms with E-state index in [1.54, 1.807) is 37.4 Å². The second kappa shape index (κ2) is 7.77. The van der Waals surface area contributed by atoms with Crippen LogP contribution in [0.4, 0.5) is 5.82 Å². The Labute approximate surface area is 150 Å². The average Bonchev–Trinajstić information content (AvgIpc) is 3.08. The van der Waals surface area contributed by atoms with Crippen LogP contribution in [0.2, 0.25) is 0 Å². The van der Waals surface area contributed by atoms with Crippen LogP contribution >= 0.6 is 0 Å². The van der Waals surface area contributed by atoms with E-state index >= 15 is 0 Å². The lowest BCUT2D eigenvalue weighted by Crippen LogP contribution is -2.33. The molecule has 0 bridgehead atoms. The van der Waals surface area contributed by atoms with Gasteiger partial charge in [0.2, 0.25) is 0 Å². The van der Waals surface area contributed by atoms with Gasteiger partial charge in [0.1, 0.15) is 11.9 Å². The van der Waals surface area contributed by atoms with E-state index in [1.165, 1.54) is 11.7 Å². The molecule has 26 heavy (non-hydrogen) atoms. The third-order valence-corrected chi connectivity index (χ3v) is 4.33. The van der Waals surface area contributed by atoms with E-state index in [0.29, 0.717) is 17.5 Å². The number of aryl methyl sites for hydroxylation is 1. The predicted molar refractivity (Wildman–Crippen MR) is 94.0 cm³/mol. The number of aliphatic hydroxyl groups excluding tert-OH is 1. The molecule has 2 N–H and O–H groups in total. The third kappa shape index (κ3) is 3.67. The number of amides is 1. The first kappa shape index (κ1) is 18.2. The molecule has 2 aromatic rings. The largest absolute Gasteiger partial charge is 0.394 e. The zero-order valence-corrected chi connectivity index (χ0v) is 14.6. The lowest BCUT2D eigenvalue weighted by molar-refractivity contribution is -0.0625. The molecule has 0 radical (unpaired) electrons. The van der Waals surface area contributed by atoms with Crippen LogP contribution in [0.15, 0.2) is 41.3 Å². The lowest BCUT2D eigenvalue weighted by Gasteiger charge is -2.20. The number of ether oxygens (including phenoxy) is 2. The molecule has 1 saturated heterocycles. The summed E-state index contributed by atoms with van der Waals surface area (Å²) in [6.07, 6.45) is 0.627. The van der Waals surface area contributed by atoms with Crippen molar-refractivity contribution in [2.45, 2.75) is 31.8 Å². The van der Waals surface area contributed by atoms with Crippen LogP contribution in [0, 0.1) is 6.92 Å². The number of nitrogens with one attached hydrogen (secondary N) is 1. The maximum Gasteiger partial charge on any atom is 0.351 e. The number of hydrogen-bond acceptors (Lipinski definition) is 6. The number of nitrogens with zero attached hydrogens (tertiary/aromatic N) is 2. The van der Waals surface area contributed by atoms with Gasteiger partial charge < -0.3 is 19.9 Å². The van der Waals surface area contributed by atoms with Gasteiger partial charge in [-0.15, -0.1) is 0 Å². The second-order valence-corrected chi connectivity index (χ2v) is 6.12. The number of carbonyl (C=O) groups is 1. The van der Waals surface area contributed by atoms with Gasteiger partial charge in [-0.25, -0.2) is 4.79 Å². The van der Waals surface area contributed by atoms with Crippen molar-refractivity contribution in [3.05, 3.63) is 58.1 Å². The highest BCUT2D eigenvalue weighted by Gasteiger charge is 2.37. The van der Waals surface area contributed by atoms with E-state index in [2.05, 4.69) is 10.3 Å². The van der Waals surface area contributed by atoms with Gasteiger partial charge in [0, 0.05) is 30.9 Å². The summed E-state index contributed by atoms with van der Waals surface area (Å²) in [5.41, 5.74) is 0.520. The first-order chi connectivity index (χ1) is 12.5. The van der Waals surface area contributed by atoms with Crippen molar-refractivity contribution in [3.8, 4) is 0 Å². The number of anilines is 1. The fourth-order valence-electron chi connectivity index (χ4n) is 2.94. The molecule has 1 aromatic heterocycles. The molecule has 1 aliphatic rings. The van der Waals surface area contributed by atoms with E-state index in [-0.39, 0.29) is 24.4 Å². The van der Waals surface area contributed by atoms with E-state index in [9.17, 15) is 14.7 Å². The van der Waals surface area contributed by atoms with Crippen molar-refractivity contribution in [3.63, 3.8) is 0 Å². The summed E-state index contributed by atoms with van der Waals surface area (Å²) in [5, 5.41) is 11.9. The number of hydrogen-bond donors (Lipinski definition) is 2. The van der Waals surface area contributed by atoms with Gasteiger partial charge in [0.25, 0.3) is 5.91 Å². The van der Waals surface area contributed by atoms with Crippen molar-refractivity contribution in [1.82, 2.24) is 9.55 Å². The first-order valence-electron chi connectivity index (χ1n) is 8.28. The molecule has 2 heterocycles. The molecule has 138 valence electrons. The lowest BCUT2D eigenvalue weighted by atomic mass is 10.2. The van der Waals surface area contributed by atoms with Gasteiger partial charge in [0.15, 0.2) is 6.23 Å². The van der Waals surface area contributed by atoms with E-state index in [0.717, 1.165) is 0 Å². The Balaban J connectivity index is 1.85. The fourth-order valence-corrected chi connectivity index (χ4v) is 2.94. The van der Waals surface area contributed by atoms with Crippen molar-refractivity contribution in [1.29, 1.82) is 0 Å². The van der Waals surface area contributed by atoms with Gasteiger partial charge in [-0.2, -0.15) is 4.98 Å². The Kier molecular flexibility index (Phi) is 5.46. The Hall–Kier alpha value is -2.55. The zero-order valence-electron chi connectivity index (χ0n) is 14.6. The molecule has 1 fully saturated rings. The van der Waals surface area contributed by atoms with Crippen molar-refractivity contribution >= 4 is 11.7 Å². The van der Waals surface area contributed by atoms with Gasteiger partial charge in [0.05, 0.1) is 12.7 Å². The summed E-state index contributed by atoms with van der Waals surface area (Å²) in [5.74, 6) is -0.142. The van der Waals surface area contributed by atoms with Crippen molar-refractivity contribution in [2.24, 2.45) is 0 Å². The molecule has 0 saturated carbocycles. The molecular formula is C18H21N3O5. The molecule has 3 rings (SSSR count). The molecule has 8 heteroatoms.